The monoisotopic (exact) mass is 334 g/mol. The van der Waals surface area contributed by atoms with Gasteiger partial charge in [-0.3, -0.25) is 0 Å². The number of benzene rings is 3. The maximum Gasteiger partial charge on any atom is 0.341 e. The van der Waals surface area contributed by atoms with Gasteiger partial charge in [0.2, 0.25) is 0 Å². The second-order valence-electron chi connectivity index (χ2n) is 5.48. The van der Waals surface area contributed by atoms with Crippen LogP contribution in [-0.2, 0) is 4.79 Å². The third kappa shape index (κ3) is 2.61. The van der Waals surface area contributed by atoms with Crippen LogP contribution in [-0.4, -0.2) is 17.7 Å². The number of ether oxygens (including phenoxy) is 1. The Morgan fingerprint density at radius 2 is 1.67 bits per heavy atom. The van der Waals surface area contributed by atoms with Crippen molar-refractivity contribution in [3.63, 3.8) is 0 Å². The van der Waals surface area contributed by atoms with E-state index in [0.29, 0.717) is 5.75 Å². The van der Waals surface area contributed by atoms with Gasteiger partial charge >= 0.3 is 5.97 Å². The summed E-state index contributed by atoms with van der Waals surface area (Å²) in [4.78, 5) is 10.6. The highest BCUT2D eigenvalue weighted by molar-refractivity contribution is 7.25. The van der Waals surface area contributed by atoms with Gasteiger partial charge in [-0.1, -0.05) is 42.5 Å². The molecule has 1 aromatic heterocycles. The van der Waals surface area contributed by atoms with E-state index in [0.717, 1.165) is 5.56 Å². The lowest BCUT2D eigenvalue weighted by atomic mass is 9.99. The Morgan fingerprint density at radius 1 is 0.917 bits per heavy atom. The summed E-state index contributed by atoms with van der Waals surface area (Å²) in [6, 6.07) is 22.3. The molecule has 0 saturated heterocycles. The summed E-state index contributed by atoms with van der Waals surface area (Å²) >= 11 is 1.80. The number of aliphatic carboxylic acids is 1. The van der Waals surface area contributed by atoms with Crippen LogP contribution in [0.5, 0.6) is 5.75 Å². The quantitative estimate of drug-likeness (QED) is 0.559. The zero-order valence-corrected chi connectivity index (χ0v) is 13.5. The van der Waals surface area contributed by atoms with Crippen LogP contribution in [0.25, 0.3) is 31.3 Å². The molecule has 0 amide bonds. The zero-order chi connectivity index (χ0) is 16.5. The van der Waals surface area contributed by atoms with Gasteiger partial charge in [0.1, 0.15) is 5.75 Å². The van der Waals surface area contributed by atoms with E-state index in [9.17, 15) is 4.79 Å². The molecule has 4 aromatic rings. The van der Waals surface area contributed by atoms with Crippen LogP contribution < -0.4 is 4.74 Å². The van der Waals surface area contributed by atoms with E-state index < -0.39 is 5.97 Å². The molecule has 0 saturated carbocycles. The van der Waals surface area contributed by atoms with Crippen molar-refractivity contribution in [1.29, 1.82) is 0 Å². The smallest absolute Gasteiger partial charge is 0.341 e. The maximum atomic E-state index is 10.6. The van der Waals surface area contributed by atoms with Crippen molar-refractivity contribution in [2.75, 3.05) is 6.61 Å². The van der Waals surface area contributed by atoms with Gasteiger partial charge in [0.05, 0.1) is 0 Å². The summed E-state index contributed by atoms with van der Waals surface area (Å²) < 4.78 is 7.75. The Bertz CT molecular complexity index is 1030. The summed E-state index contributed by atoms with van der Waals surface area (Å²) in [6.45, 7) is -0.329. The van der Waals surface area contributed by atoms with Crippen molar-refractivity contribution in [2.24, 2.45) is 0 Å². The molecule has 3 nitrogen and oxygen atoms in total. The van der Waals surface area contributed by atoms with E-state index in [1.54, 1.807) is 11.3 Å². The molecule has 0 aliphatic rings. The number of carbonyl (C=O) groups is 1. The van der Waals surface area contributed by atoms with Crippen LogP contribution in [0.4, 0.5) is 0 Å². The van der Waals surface area contributed by atoms with Crippen molar-refractivity contribution in [2.45, 2.75) is 0 Å². The fourth-order valence-electron chi connectivity index (χ4n) is 2.89. The van der Waals surface area contributed by atoms with Gasteiger partial charge in [-0.25, -0.2) is 4.79 Å². The molecular formula is C20H14O3S. The number of hydrogen-bond donors (Lipinski definition) is 1. The Kier molecular flexibility index (Phi) is 3.67. The molecule has 0 bridgehead atoms. The first-order valence-corrected chi connectivity index (χ1v) is 8.39. The van der Waals surface area contributed by atoms with E-state index in [1.807, 2.05) is 24.3 Å². The van der Waals surface area contributed by atoms with Crippen LogP contribution in [0.15, 0.2) is 66.7 Å². The number of hydrogen-bond acceptors (Lipinski definition) is 3. The zero-order valence-electron chi connectivity index (χ0n) is 12.7. The molecule has 1 heterocycles. The van der Waals surface area contributed by atoms with Gasteiger partial charge in [0.25, 0.3) is 0 Å². The lowest BCUT2D eigenvalue weighted by molar-refractivity contribution is -0.139. The third-order valence-electron chi connectivity index (χ3n) is 3.93. The summed E-state index contributed by atoms with van der Waals surface area (Å²) in [5.74, 6) is -0.419. The molecule has 1 N–H and O–H groups in total. The van der Waals surface area contributed by atoms with Gasteiger partial charge in [-0.05, 0) is 35.4 Å². The van der Waals surface area contributed by atoms with Crippen molar-refractivity contribution in [3.05, 3.63) is 66.7 Å². The summed E-state index contributed by atoms with van der Waals surface area (Å²) in [7, 11) is 0. The number of carboxylic acid groups (broad SMARTS) is 1. The largest absolute Gasteiger partial charge is 0.482 e. The normalized spacial score (nSPS) is 11.0. The standard InChI is InChI=1S/C20H14O3S/c21-19(22)12-23-14-10-8-13(9-11-14)15-5-3-7-18-20(15)16-4-1-2-6-17(16)24-18/h1-11H,12H2,(H,21,22). The third-order valence-corrected chi connectivity index (χ3v) is 5.07. The molecule has 118 valence electrons. The van der Waals surface area contributed by atoms with E-state index in [4.69, 9.17) is 9.84 Å². The summed E-state index contributed by atoms with van der Waals surface area (Å²) in [5, 5.41) is 11.2. The van der Waals surface area contributed by atoms with E-state index in [1.165, 1.54) is 25.7 Å². The molecule has 0 radical (unpaired) electrons. The van der Waals surface area contributed by atoms with Crippen molar-refractivity contribution in [1.82, 2.24) is 0 Å². The fraction of sp³-hybridized carbons (Fsp3) is 0.0500. The maximum absolute atomic E-state index is 10.6. The molecule has 0 unspecified atom stereocenters. The molecule has 0 aliphatic heterocycles. The minimum absolute atomic E-state index is 0.329. The molecular weight excluding hydrogens is 320 g/mol. The molecule has 4 heteroatoms. The van der Waals surface area contributed by atoms with Crippen LogP contribution in [0, 0.1) is 0 Å². The Balaban J connectivity index is 1.80. The number of rotatable bonds is 4. The topological polar surface area (TPSA) is 46.5 Å². The first-order chi connectivity index (χ1) is 11.7. The average molecular weight is 334 g/mol. The molecule has 3 aromatic carbocycles. The van der Waals surface area contributed by atoms with Gasteiger partial charge in [0.15, 0.2) is 6.61 Å². The number of fused-ring (bicyclic) bond motifs is 3. The van der Waals surface area contributed by atoms with Crippen molar-refractivity contribution >= 4 is 37.5 Å². The highest BCUT2D eigenvalue weighted by atomic mass is 32.1. The molecule has 0 atom stereocenters. The SMILES string of the molecule is O=C(O)COc1ccc(-c2cccc3sc4ccccc4c23)cc1. The molecule has 0 fully saturated rings. The molecule has 24 heavy (non-hydrogen) atoms. The molecule has 4 rings (SSSR count). The minimum Gasteiger partial charge on any atom is -0.482 e. The predicted octanol–water partition coefficient (Wildman–Crippen LogP) is 5.18. The number of thiophene rings is 1. The fourth-order valence-corrected chi connectivity index (χ4v) is 4.02. The number of carboxylic acids is 1. The lowest BCUT2D eigenvalue weighted by Gasteiger charge is -2.07. The van der Waals surface area contributed by atoms with Crippen molar-refractivity contribution in [3.8, 4) is 16.9 Å². The van der Waals surface area contributed by atoms with Gasteiger partial charge in [-0.15, -0.1) is 11.3 Å². The lowest BCUT2D eigenvalue weighted by Crippen LogP contribution is -2.09. The minimum atomic E-state index is -0.978. The first-order valence-electron chi connectivity index (χ1n) is 7.58. The van der Waals surface area contributed by atoms with E-state index >= 15 is 0 Å². The van der Waals surface area contributed by atoms with E-state index in [2.05, 4.69) is 42.5 Å². The van der Waals surface area contributed by atoms with Crippen molar-refractivity contribution < 1.29 is 14.6 Å². The predicted molar refractivity (Wildman–Crippen MR) is 97.9 cm³/mol. The average Bonchev–Trinajstić information content (AvgIpc) is 2.99. The van der Waals surface area contributed by atoms with E-state index in [-0.39, 0.29) is 6.61 Å². The Labute approximate surface area is 142 Å². The highest BCUT2D eigenvalue weighted by Crippen LogP contribution is 2.39. The van der Waals surface area contributed by atoms with Gasteiger partial charge in [-0.2, -0.15) is 0 Å². The first kappa shape index (κ1) is 14.7. The highest BCUT2D eigenvalue weighted by Gasteiger charge is 2.10. The van der Waals surface area contributed by atoms with Crippen LogP contribution in [0.3, 0.4) is 0 Å². The van der Waals surface area contributed by atoms with Gasteiger partial charge < -0.3 is 9.84 Å². The molecule has 0 spiro atoms. The van der Waals surface area contributed by atoms with Crippen LogP contribution in [0.1, 0.15) is 0 Å². The second-order valence-corrected chi connectivity index (χ2v) is 6.57. The van der Waals surface area contributed by atoms with Crippen LogP contribution in [0.2, 0.25) is 0 Å². The second kappa shape index (κ2) is 5.98. The summed E-state index contributed by atoms with van der Waals surface area (Å²) in [5.41, 5.74) is 2.27. The van der Waals surface area contributed by atoms with Gasteiger partial charge in [0, 0.05) is 20.2 Å². The molecule has 0 aliphatic carbocycles. The Hall–Kier alpha value is -2.85. The van der Waals surface area contributed by atoms with Crippen LogP contribution >= 0.6 is 11.3 Å². The summed E-state index contributed by atoms with van der Waals surface area (Å²) in [6.07, 6.45) is 0. The Morgan fingerprint density at radius 3 is 2.46 bits per heavy atom.